The third-order valence-corrected chi connectivity index (χ3v) is 19.9. The van der Waals surface area contributed by atoms with Gasteiger partial charge in [0.25, 0.3) is 0 Å². The number of rotatable bonds is 76. The topological polar surface area (TPSA) is 237 Å². The van der Waals surface area contributed by atoms with Crippen LogP contribution in [0.2, 0.25) is 0 Å². The maximum atomic E-state index is 13.1. The summed E-state index contributed by atoms with van der Waals surface area (Å²) in [7, 11) is -9.93. The van der Waals surface area contributed by atoms with Crippen molar-refractivity contribution in [1.82, 2.24) is 0 Å². The van der Waals surface area contributed by atoms with E-state index in [9.17, 15) is 43.2 Å². The van der Waals surface area contributed by atoms with Crippen molar-refractivity contribution in [2.45, 2.75) is 407 Å². The van der Waals surface area contributed by atoms with Crippen LogP contribution in [0.3, 0.4) is 0 Å². The lowest BCUT2D eigenvalue weighted by Crippen LogP contribution is -2.30. The molecule has 0 heterocycles. The van der Waals surface area contributed by atoms with E-state index in [0.717, 1.165) is 127 Å². The molecule has 0 radical (unpaired) electrons. The summed E-state index contributed by atoms with van der Waals surface area (Å²) in [6.07, 6.45) is 60.4. The van der Waals surface area contributed by atoms with Gasteiger partial charge in [-0.25, -0.2) is 9.13 Å². The Hall–Kier alpha value is -2.46. The zero-order chi connectivity index (χ0) is 73.0. The van der Waals surface area contributed by atoms with Crippen LogP contribution in [0.4, 0.5) is 0 Å². The average Bonchev–Trinajstić information content (AvgIpc) is 1.23. The molecular formula is C80H152O17P2. The van der Waals surface area contributed by atoms with E-state index in [4.69, 9.17) is 37.0 Å². The number of ether oxygens (including phenoxy) is 4. The number of allylic oxidation sites excluding steroid dienone is 4. The standard InChI is InChI=1S/C80H152O17P2/c1-8-9-10-11-12-13-14-15-16-20-26-33-40-47-54-61-77(82)90-67-75(96-79(84)63-56-49-42-34-27-21-18-17-19-24-30-37-44-51-58-71(2)3)69-94-98(86,87)92-65-74(81)66-93-99(88,89)95-70-76(68-91-78(83)62-55-48-41-36-29-32-39-46-53-60-73(6)7)97-80(85)64-57-50-43-35-28-23-22-25-31-38-45-52-59-72(4)5/h13-16,71-76,81H,8-12,17-70H2,1-7H3,(H,86,87)(H,88,89)/b14-13-,16-15-/t74-,75-,76-/m1/s1. The molecule has 0 saturated heterocycles. The lowest BCUT2D eigenvalue weighted by Gasteiger charge is -2.21. The molecule has 99 heavy (non-hydrogen) atoms. The Morgan fingerprint density at radius 2 is 0.545 bits per heavy atom. The van der Waals surface area contributed by atoms with Crippen LogP contribution in [-0.2, 0) is 65.4 Å². The average molecular weight is 1450 g/mol. The molecule has 584 valence electrons. The predicted molar refractivity (Wildman–Crippen MR) is 404 cm³/mol. The van der Waals surface area contributed by atoms with Gasteiger partial charge in [0, 0.05) is 25.7 Å². The first kappa shape index (κ1) is 96.5. The Bertz CT molecular complexity index is 2020. The number of aliphatic hydroxyl groups excluding tert-OH is 1. The van der Waals surface area contributed by atoms with Crippen LogP contribution in [0.15, 0.2) is 24.3 Å². The Morgan fingerprint density at radius 1 is 0.313 bits per heavy atom. The smallest absolute Gasteiger partial charge is 0.462 e. The zero-order valence-electron chi connectivity index (χ0n) is 64.4. The van der Waals surface area contributed by atoms with Gasteiger partial charge in [-0.15, -0.1) is 0 Å². The summed E-state index contributed by atoms with van der Waals surface area (Å²) >= 11 is 0. The van der Waals surface area contributed by atoms with Gasteiger partial charge in [-0.2, -0.15) is 0 Å². The molecule has 0 aromatic rings. The zero-order valence-corrected chi connectivity index (χ0v) is 66.2. The quantitative estimate of drug-likeness (QED) is 0.0169. The molecule has 0 aliphatic rings. The van der Waals surface area contributed by atoms with Crippen LogP contribution in [0.1, 0.15) is 389 Å². The van der Waals surface area contributed by atoms with Crippen molar-refractivity contribution in [2.75, 3.05) is 39.6 Å². The first-order chi connectivity index (χ1) is 47.7. The highest BCUT2D eigenvalue weighted by Crippen LogP contribution is 2.45. The fraction of sp³-hybridized carbons (Fsp3) is 0.900. The van der Waals surface area contributed by atoms with Crippen molar-refractivity contribution < 1.29 is 80.2 Å². The summed E-state index contributed by atoms with van der Waals surface area (Å²) < 4.78 is 68.7. The largest absolute Gasteiger partial charge is 0.472 e. The van der Waals surface area contributed by atoms with Crippen LogP contribution >= 0.6 is 15.6 Å². The second-order valence-corrected chi connectivity index (χ2v) is 32.5. The van der Waals surface area contributed by atoms with E-state index in [1.807, 2.05) is 0 Å². The molecule has 19 heteroatoms. The lowest BCUT2D eigenvalue weighted by atomic mass is 10.0. The maximum Gasteiger partial charge on any atom is 0.472 e. The van der Waals surface area contributed by atoms with Crippen LogP contribution in [0.25, 0.3) is 0 Å². The third-order valence-electron chi connectivity index (χ3n) is 18.0. The van der Waals surface area contributed by atoms with Crippen molar-refractivity contribution in [3.05, 3.63) is 24.3 Å². The van der Waals surface area contributed by atoms with Crippen LogP contribution in [-0.4, -0.2) is 96.7 Å². The van der Waals surface area contributed by atoms with Crippen molar-refractivity contribution in [3.63, 3.8) is 0 Å². The van der Waals surface area contributed by atoms with Gasteiger partial charge < -0.3 is 33.8 Å². The minimum absolute atomic E-state index is 0.100. The maximum absolute atomic E-state index is 13.1. The molecule has 0 bridgehead atoms. The van der Waals surface area contributed by atoms with E-state index in [1.165, 1.54) is 180 Å². The summed E-state index contributed by atoms with van der Waals surface area (Å²) in [5.41, 5.74) is 0. The first-order valence-corrected chi connectivity index (χ1v) is 43.7. The van der Waals surface area contributed by atoms with Crippen LogP contribution in [0, 0.1) is 17.8 Å². The second kappa shape index (κ2) is 69.9. The van der Waals surface area contributed by atoms with E-state index in [0.29, 0.717) is 25.7 Å². The minimum Gasteiger partial charge on any atom is -0.462 e. The summed E-state index contributed by atoms with van der Waals surface area (Å²) in [5, 5.41) is 10.6. The number of carbonyl (C=O) groups excluding carboxylic acids is 4. The molecule has 0 fully saturated rings. The number of phosphoric ester groups is 2. The summed E-state index contributed by atoms with van der Waals surface area (Å²) in [6.45, 7) is 11.9. The van der Waals surface area contributed by atoms with Crippen molar-refractivity contribution >= 4 is 39.5 Å². The predicted octanol–water partition coefficient (Wildman–Crippen LogP) is 23.3. The van der Waals surface area contributed by atoms with Crippen molar-refractivity contribution in [1.29, 1.82) is 0 Å². The number of esters is 4. The normalized spacial score (nSPS) is 14.2. The van der Waals surface area contributed by atoms with E-state index in [2.05, 4.69) is 72.8 Å². The number of unbranched alkanes of at least 4 members (excludes halogenated alkanes) is 41. The molecule has 3 N–H and O–H groups in total. The fourth-order valence-electron chi connectivity index (χ4n) is 11.8. The van der Waals surface area contributed by atoms with Gasteiger partial charge in [-0.3, -0.25) is 37.3 Å². The highest BCUT2D eigenvalue weighted by Gasteiger charge is 2.30. The Kier molecular flexibility index (Phi) is 68.1. The molecule has 0 amide bonds. The van der Waals surface area contributed by atoms with Gasteiger partial charge in [0.15, 0.2) is 12.2 Å². The van der Waals surface area contributed by atoms with Crippen molar-refractivity contribution in [3.8, 4) is 0 Å². The summed E-state index contributed by atoms with van der Waals surface area (Å²) in [6, 6.07) is 0. The Balaban J connectivity index is 5.30. The summed E-state index contributed by atoms with van der Waals surface area (Å²) in [5.74, 6) is 0.168. The number of hydrogen-bond donors (Lipinski definition) is 3. The van der Waals surface area contributed by atoms with Crippen LogP contribution in [0.5, 0.6) is 0 Å². The molecule has 17 nitrogen and oxygen atoms in total. The van der Waals surface area contributed by atoms with Gasteiger partial charge in [0.1, 0.15) is 19.3 Å². The molecule has 0 aliphatic carbocycles. The van der Waals surface area contributed by atoms with E-state index >= 15 is 0 Å². The van der Waals surface area contributed by atoms with E-state index in [1.54, 1.807) is 0 Å². The van der Waals surface area contributed by atoms with Gasteiger partial charge in [-0.05, 0) is 69.1 Å². The lowest BCUT2D eigenvalue weighted by molar-refractivity contribution is -0.161. The third kappa shape index (κ3) is 73.6. The van der Waals surface area contributed by atoms with Gasteiger partial charge in [-0.1, -0.05) is 336 Å². The number of phosphoric acid groups is 2. The highest BCUT2D eigenvalue weighted by atomic mass is 31.2. The second-order valence-electron chi connectivity index (χ2n) is 29.5. The Morgan fingerprint density at radius 3 is 0.818 bits per heavy atom. The molecule has 0 saturated carbocycles. The van der Waals surface area contributed by atoms with Gasteiger partial charge in [0.2, 0.25) is 0 Å². The molecule has 0 aromatic heterocycles. The summed E-state index contributed by atoms with van der Waals surface area (Å²) in [4.78, 5) is 73.0. The van der Waals surface area contributed by atoms with E-state index in [-0.39, 0.29) is 25.7 Å². The van der Waals surface area contributed by atoms with Gasteiger partial charge in [0.05, 0.1) is 26.4 Å². The Labute approximate surface area is 605 Å². The monoisotopic (exact) mass is 1450 g/mol. The molecule has 0 aliphatic heterocycles. The van der Waals surface area contributed by atoms with Gasteiger partial charge >= 0.3 is 39.5 Å². The fourth-order valence-corrected chi connectivity index (χ4v) is 13.3. The highest BCUT2D eigenvalue weighted by molar-refractivity contribution is 7.47. The van der Waals surface area contributed by atoms with E-state index < -0.39 is 97.5 Å². The minimum atomic E-state index is -4.97. The number of aliphatic hydroxyl groups is 1. The van der Waals surface area contributed by atoms with Crippen molar-refractivity contribution in [2.24, 2.45) is 17.8 Å². The van der Waals surface area contributed by atoms with Crippen LogP contribution < -0.4 is 0 Å². The first-order valence-electron chi connectivity index (χ1n) is 40.7. The number of carbonyl (C=O) groups is 4. The molecule has 0 spiro atoms. The molecular weight excluding hydrogens is 1290 g/mol. The molecule has 5 atom stereocenters. The molecule has 0 aromatic carbocycles. The SMILES string of the molecule is CCCCCC/C=C\C=C/CCCCCCCC(=O)OC[C@H](COP(=O)(O)OC[C@@H](O)COP(=O)(O)OC[C@@H](COC(=O)CCCCCCCCCCCC(C)C)OC(=O)CCCCCCCCCCCCCCC(C)C)OC(=O)CCCCCCCCCCCCCCCCC(C)C. The number of hydrogen-bond acceptors (Lipinski definition) is 15. The molecule has 2 unspecified atom stereocenters. The molecule has 0 rings (SSSR count).